The standard InChI is InChI=1S/C15H20BrNO3/c1-4-13(11-5-7-12(16)8-6-11)17-14(18)9(2)10(3)15(19)20/h5-10,13H,4H2,1-3H3,(H,17,18)(H,19,20). The number of carbonyl (C=O) groups is 2. The first-order valence-electron chi connectivity index (χ1n) is 6.65. The fraction of sp³-hybridized carbons (Fsp3) is 0.467. The summed E-state index contributed by atoms with van der Waals surface area (Å²) in [5.74, 6) is -2.44. The molecule has 0 aliphatic rings. The van der Waals surface area contributed by atoms with Gasteiger partial charge in [0, 0.05) is 10.4 Å². The summed E-state index contributed by atoms with van der Waals surface area (Å²) in [6.07, 6.45) is 0.752. The van der Waals surface area contributed by atoms with Gasteiger partial charge in [0.1, 0.15) is 0 Å². The number of hydrogen-bond acceptors (Lipinski definition) is 2. The maximum Gasteiger partial charge on any atom is 0.307 e. The lowest BCUT2D eigenvalue weighted by molar-refractivity contribution is -0.146. The number of carboxylic acid groups (broad SMARTS) is 1. The predicted molar refractivity (Wildman–Crippen MR) is 81.3 cm³/mol. The first kappa shape index (κ1) is 16.7. The summed E-state index contributed by atoms with van der Waals surface area (Å²) in [4.78, 5) is 23.0. The molecule has 1 aromatic rings. The molecule has 2 N–H and O–H groups in total. The molecule has 0 aromatic heterocycles. The number of amides is 1. The van der Waals surface area contributed by atoms with Gasteiger partial charge in [0.15, 0.2) is 0 Å². The normalized spacial score (nSPS) is 15.2. The molecule has 0 bridgehead atoms. The largest absolute Gasteiger partial charge is 0.481 e. The third-order valence-corrected chi connectivity index (χ3v) is 4.08. The van der Waals surface area contributed by atoms with Crippen LogP contribution in [0, 0.1) is 11.8 Å². The molecule has 3 unspecified atom stereocenters. The van der Waals surface area contributed by atoms with E-state index < -0.39 is 17.8 Å². The van der Waals surface area contributed by atoms with Crippen molar-refractivity contribution in [3.05, 3.63) is 34.3 Å². The predicted octanol–water partition coefficient (Wildman–Crippen LogP) is 3.37. The minimum Gasteiger partial charge on any atom is -0.481 e. The fourth-order valence-corrected chi connectivity index (χ4v) is 2.12. The molecule has 3 atom stereocenters. The van der Waals surface area contributed by atoms with E-state index in [1.165, 1.54) is 0 Å². The zero-order valence-electron chi connectivity index (χ0n) is 11.9. The smallest absolute Gasteiger partial charge is 0.307 e. The van der Waals surface area contributed by atoms with Crippen LogP contribution in [0.2, 0.25) is 0 Å². The first-order chi connectivity index (χ1) is 9.36. The molecule has 0 saturated heterocycles. The molecule has 0 aliphatic carbocycles. The quantitative estimate of drug-likeness (QED) is 0.833. The lowest BCUT2D eigenvalue weighted by Gasteiger charge is -2.22. The lowest BCUT2D eigenvalue weighted by atomic mass is 9.94. The number of nitrogens with one attached hydrogen (secondary N) is 1. The van der Waals surface area contributed by atoms with Gasteiger partial charge in [0.2, 0.25) is 5.91 Å². The van der Waals surface area contributed by atoms with E-state index in [0.717, 1.165) is 16.5 Å². The highest BCUT2D eigenvalue weighted by molar-refractivity contribution is 9.10. The van der Waals surface area contributed by atoms with E-state index in [-0.39, 0.29) is 11.9 Å². The Kier molecular flexibility index (Phi) is 6.20. The van der Waals surface area contributed by atoms with Gasteiger partial charge in [-0.15, -0.1) is 0 Å². The summed E-state index contributed by atoms with van der Waals surface area (Å²) in [5, 5.41) is 11.9. The van der Waals surface area contributed by atoms with Crippen LogP contribution in [0.15, 0.2) is 28.7 Å². The first-order valence-corrected chi connectivity index (χ1v) is 7.44. The highest BCUT2D eigenvalue weighted by atomic mass is 79.9. The molecular formula is C15H20BrNO3. The molecule has 0 fully saturated rings. The van der Waals surface area contributed by atoms with Crippen LogP contribution >= 0.6 is 15.9 Å². The van der Waals surface area contributed by atoms with Gasteiger partial charge in [-0.05, 0) is 24.1 Å². The highest BCUT2D eigenvalue weighted by Crippen LogP contribution is 2.21. The highest BCUT2D eigenvalue weighted by Gasteiger charge is 2.27. The second-order valence-corrected chi connectivity index (χ2v) is 5.85. The van der Waals surface area contributed by atoms with Crippen molar-refractivity contribution in [3.63, 3.8) is 0 Å². The molecular weight excluding hydrogens is 322 g/mol. The maximum atomic E-state index is 12.1. The Morgan fingerprint density at radius 1 is 1.20 bits per heavy atom. The molecule has 4 nitrogen and oxygen atoms in total. The van der Waals surface area contributed by atoms with Crippen molar-refractivity contribution in [1.29, 1.82) is 0 Å². The van der Waals surface area contributed by atoms with Crippen molar-refractivity contribution in [2.24, 2.45) is 11.8 Å². The molecule has 1 rings (SSSR count). The number of rotatable bonds is 6. The van der Waals surface area contributed by atoms with E-state index >= 15 is 0 Å². The zero-order valence-corrected chi connectivity index (χ0v) is 13.5. The summed E-state index contributed by atoms with van der Waals surface area (Å²) in [5.41, 5.74) is 1.01. The fourth-order valence-electron chi connectivity index (χ4n) is 1.86. The number of halogens is 1. The molecule has 0 spiro atoms. The molecule has 5 heteroatoms. The Balaban J connectivity index is 2.75. The molecule has 0 heterocycles. The Morgan fingerprint density at radius 3 is 2.20 bits per heavy atom. The summed E-state index contributed by atoms with van der Waals surface area (Å²) >= 11 is 3.37. The number of carboxylic acids is 1. The van der Waals surface area contributed by atoms with Crippen molar-refractivity contribution in [2.45, 2.75) is 33.2 Å². The number of carbonyl (C=O) groups excluding carboxylic acids is 1. The van der Waals surface area contributed by atoms with E-state index in [0.29, 0.717) is 0 Å². The van der Waals surface area contributed by atoms with E-state index in [1.54, 1.807) is 13.8 Å². The molecule has 110 valence electrons. The third kappa shape index (κ3) is 4.34. The second kappa shape index (κ2) is 7.43. The average molecular weight is 342 g/mol. The van der Waals surface area contributed by atoms with Crippen molar-refractivity contribution >= 4 is 27.8 Å². The molecule has 1 amide bonds. The van der Waals surface area contributed by atoms with Crippen LogP contribution in [0.25, 0.3) is 0 Å². The zero-order chi connectivity index (χ0) is 15.3. The summed E-state index contributed by atoms with van der Waals surface area (Å²) in [6.45, 7) is 5.17. The second-order valence-electron chi connectivity index (χ2n) is 4.94. The molecule has 1 aromatic carbocycles. The van der Waals surface area contributed by atoms with Gasteiger partial charge in [-0.25, -0.2) is 0 Å². The van der Waals surface area contributed by atoms with Gasteiger partial charge in [-0.1, -0.05) is 48.8 Å². The van der Waals surface area contributed by atoms with E-state index in [1.807, 2.05) is 31.2 Å². The molecule has 20 heavy (non-hydrogen) atoms. The minimum atomic E-state index is -0.954. The topological polar surface area (TPSA) is 66.4 Å². The molecule has 0 aliphatic heterocycles. The van der Waals surface area contributed by atoms with Crippen molar-refractivity contribution in [1.82, 2.24) is 5.32 Å². The summed E-state index contributed by atoms with van der Waals surface area (Å²) < 4.78 is 0.982. The Morgan fingerprint density at radius 2 is 1.75 bits per heavy atom. The molecule has 0 saturated carbocycles. The van der Waals surface area contributed by atoms with Gasteiger partial charge in [0.25, 0.3) is 0 Å². The number of benzene rings is 1. The van der Waals surface area contributed by atoms with Crippen LogP contribution in [0.5, 0.6) is 0 Å². The van der Waals surface area contributed by atoms with E-state index in [2.05, 4.69) is 21.2 Å². The van der Waals surface area contributed by atoms with Gasteiger partial charge in [-0.2, -0.15) is 0 Å². The average Bonchev–Trinajstić information content (AvgIpc) is 2.43. The van der Waals surface area contributed by atoms with Crippen LogP contribution in [0.3, 0.4) is 0 Å². The lowest BCUT2D eigenvalue weighted by Crippen LogP contribution is -2.37. The van der Waals surface area contributed by atoms with Gasteiger partial charge < -0.3 is 10.4 Å². The third-order valence-electron chi connectivity index (χ3n) is 3.55. The number of aliphatic carboxylic acids is 1. The van der Waals surface area contributed by atoms with Gasteiger partial charge in [0.05, 0.1) is 12.0 Å². The van der Waals surface area contributed by atoms with Crippen LogP contribution < -0.4 is 5.32 Å². The number of hydrogen-bond donors (Lipinski definition) is 2. The SMILES string of the molecule is CCC(NC(=O)C(C)C(C)C(=O)O)c1ccc(Br)cc1. The Hall–Kier alpha value is -1.36. The van der Waals surface area contributed by atoms with Crippen LogP contribution in [-0.2, 0) is 9.59 Å². The molecule has 0 radical (unpaired) electrons. The van der Waals surface area contributed by atoms with Gasteiger partial charge in [-0.3, -0.25) is 9.59 Å². The van der Waals surface area contributed by atoms with Crippen molar-refractivity contribution in [2.75, 3.05) is 0 Å². The Bertz CT molecular complexity index is 473. The van der Waals surface area contributed by atoms with Crippen LogP contribution in [-0.4, -0.2) is 17.0 Å². The monoisotopic (exact) mass is 341 g/mol. The summed E-state index contributed by atoms with van der Waals surface area (Å²) in [6, 6.07) is 7.65. The Labute approximate surface area is 127 Å². The minimum absolute atomic E-state index is 0.0981. The van der Waals surface area contributed by atoms with Crippen LogP contribution in [0.4, 0.5) is 0 Å². The summed E-state index contributed by atoms with van der Waals surface area (Å²) in [7, 11) is 0. The van der Waals surface area contributed by atoms with E-state index in [4.69, 9.17) is 5.11 Å². The van der Waals surface area contributed by atoms with E-state index in [9.17, 15) is 9.59 Å². The van der Waals surface area contributed by atoms with Crippen molar-refractivity contribution in [3.8, 4) is 0 Å². The van der Waals surface area contributed by atoms with Crippen LogP contribution in [0.1, 0.15) is 38.8 Å². The maximum absolute atomic E-state index is 12.1. The van der Waals surface area contributed by atoms with Gasteiger partial charge >= 0.3 is 5.97 Å². The van der Waals surface area contributed by atoms with Crippen molar-refractivity contribution < 1.29 is 14.7 Å².